The van der Waals surface area contributed by atoms with Crippen LogP contribution in [0.3, 0.4) is 0 Å². The zero-order valence-corrected chi connectivity index (χ0v) is 19.3. The molecule has 0 spiro atoms. The Balaban J connectivity index is 1.52. The van der Waals surface area contributed by atoms with Crippen molar-refractivity contribution in [3.8, 4) is 5.75 Å². The van der Waals surface area contributed by atoms with Gasteiger partial charge in [0.2, 0.25) is 5.91 Å². The Labute approximate surface area is 198 Å². The monoisotopic (exact) mass is 453 g/mol. The van der Waals surface area contributed by atoms with E-state index in [1.54, 1.807) is 12.0 Å². The number of carbonyl (C=O) groups is 2. The molecule has 3 aromatic carbocycles. The van der Waals surface area contributed by atoms with Crippen LogP contribution in [0.1, 0.15) is 28.5 Å². The number of rotatable bonds is 6. The van der Waals surface area contributed by atoms with E-state index in [-0.39, 0.29) is 11.8 Å². The lowest BCUT2D eigenvalue weighted by atomic mass is 9.93. The number of carbonyl (C=O) groups excluding carboxylic acids is 2. The molecular formula is C28H27N3O3. The van der Waals surface area contributed by atoms with Gasteiger partial charge in [0.25, 0.3) is 5.91 Å². The minimum absolute atomic E-state index is 0.157. The molecule has 0 aliphatic carbocycles. The third-order valence-electron chi connectivity index (χ3n) is 6.62. The maximum atomic E-state index is 13.8. The van der Waals surface area contributed by atoms with Gasteiger partial charge in [-0.05, 0) is 42.3 Å². The predicted molar refractivity (Wildman–Crippen MR) is 131 cm³/mol. The summed E-state index contributed by atoms with van der Waals surface area (Å²) in [7, 11) is 1.62. The maximum absolute atomic E-state index is 13.8. The highest BCUT2D eigenvalue weighted by molar-refractivity contribution is 6.03. The number of nitrogens with zero attached hydrogens (tertiary/aromatic N) is 2. The molecule has 34 heavy (non-hydrogen) atoms. The molecule has 1 aliphatic rings. The molecule has 2 amide bonds. The predicted octanol–water partition coefficient (Wildman–Crippen LogP) is 4.38. The largest absolute Gasteiger partial charge is 0.497 e. The molecule has 6 heteroatoms. The molecule has 4 aromatic rings. The fourth-order valence-electron chi connectivity index (χ4n) is 4.64. The smallest absolute Gasteiger partial charge is 0.271 e. The highest BCUT2D eigenvalue weighted by Gasteiger charge is 2.47. The summed E-state index contributed by atoms with van der Waals surface area (Å²) in [6.07, 6.45) is 0. The van der Waals surface area contributed by atoms with E-state index in [0.717, 1.165) is 27.8 Å². The lowest BCUT2D eigenvalue weighted by Gasteiger charge is -2.44. The van der Waals surface area contributed by atoms with Crippen molar-refractivity contribution in [3.63, 3.8) is 0 Å². The zero-order valence-electron chi connectivity index (χ0n) is 19.3. The fraction of sp³-hybridized carbons (Fsp3) is 0.214. The second-order valence-electron chi connectivity index (χ2n) is 8.86. The Kier molecular flexibility index (Phi) is 5.57. The van der Waals surface area contributed by atoms with Crippen molar-refractivity contribution in [1.29, 1.82) is 0 Å². The number of methoxy groups -OCH3 is 1. The third kappa shape index (κ3) is 3.81. The fourth-order valence-corrected chi connectivity index (χ4v) is 4.64. The van der Waals surface area contributed by atoms with Gasteiger partial charge in [-0.25, -0.2) is 0 Å². The third-order valence-corrected chi connectivity index (χ3v) is 6.62. The number of benzene rings is 3. The quantitative estimate of drug-likeness (QED) is 0.471. The Morgan fingerprint density at radius 3 is 2.41 bits per heavy atom. The Bertz CT molecular complexity index is 1340. The Morgan fingerprint density at radius 1 is 0.971 bits per heavy atom. The van der Waals surface area contributed by atoms with Gasteiger partial charge in [-0.3, -0.25) is 9.59 Å². The number of amides is 2. The van der Waals surface area contributed by atoms with Gasteiger partial charge in [-0.2, -0.15) is 0 Å². The lowest BCUT2D eigenvalue weighted by molar-refractivity contribution is -0.133. The second-order valence-corrected chi connectivity index (χ2v) is 8.86. The van der Waals surface area contributed by atoms with Crippen LogP contribution in [0.15, 0.2) is 84.9 Å². The summed E-state index contributed by atoms with van der Waals surface area (Å²) in [4.78, 5) is 29.2. The number of para-hydroxylation sites is 1. The van der Waals surface area contributed by atoms with Gasteiger partial charge >= 0.3 is 0 Å². The first-order valence-electron chi connectivity index (χ1n) is 11.3. The van der Waals surface area contributed by atoms with Crippen LogP contribution in [0, 0.1) is 0 Å². The first-order chi connectivity index (χ1) is 16.5. The molecule has 0 fully saturated rings. The summed E-state index contributed by atoms with van der Waals surface area (Å²) in [5.41, 5.74) is 2.43. The highest BCUT2D eigenvalue weighted by Crippen LogP contribution is 2.33. The van der Waals surface area contributed by atoms with Crippen LogP contribution in [0.5, 0.6) is 5.75 Å². The van der Waals surface area contributed by atoms with Crippen molar-refractivity contribution in [3.05, 3.63) is 102 Å². The average molecular weight is 454 g/mol. The summed E-state index contributed by atoms with van der Waals surface area (Å²) in [5, 5.41) is 4.06. The minimum Gasteiger partial charge on any atom is -0.497 e. The number of hydrogen-bond acceptors (Lipinski definition) is 3. The van der Waals surface area contributed by atoms with Crippen LogP contribution >= 0.6 is 0 Å². The van der Waals surface area contributed by atoms with Crippen molar-refractivity contribution < 1.29 is 14.3 Å². The molecule has 0 radical (unpaired) electrons. The number of ether oxygens (including phenoxy) is 1. The van der Waals surface area contributed by atoms with Gasteiger partial charge in [-0.1, -0.05) is 60.7 Å². The van der Waals surface area contributed by atoms with Crippen LogP contribution in [0.4, 0.5) is 0 Å². The number of aromatic nitrogens is 1. The molecule has 0 unspecified atom stereocenters. The van der Waals surface area contributed by atoms with E-state index >= 15 is 0 Å². The van der Waals surface area contributed by atoms with Gasteiger partial charge in [0.05, 0.1) is 13.7 Å². The van der Waals surface area contributed by atoms with Gasteiger partial charge in [-0.15, -0.1) is 0 Å². The van der Waals surface area contributed by atoms with E-state index in [2.05, 4.69) is 5.32 Å². The SMILES string of the molecule is COc1ccc(CN2C(=O)c3cc4ccccc4n3C[C@@]2(C)C(=O)NCc2ccccc2)cc1. The first-order valence-corrected chi connectivity index (χ1v) is 11.3. The molecule has 6 nitrogen and oxygen atoms in total. The molecular weight excluding hydrogens is 426 g/mol. The standard InChI is InChI=1S/C28H27N3O3/c1-28(27(33)29-17-20-8-4-3-5-9-20)19-30-24-11-7-6-10-22(24)16-25(30)26(32)31(28)18-21-12-14-23(34-2)15-13-21/h3-16H,17-19H2,1-2H3,(H,29,33)/t28-/m0/s1. The molecule has 1 aliphatic heterocycles. The van der Waals surface area contributed by atoms with Crippen molar-refractivity contribution in [2.45, 2.75) is 32.1 Å². The zero-order chi connectivity index (χ0) is 23.7. The number of nitrogens with one attached hydrogen (secondary N) is 1. The van der Waals surface area contributed by atoms with E-state index in [0.29, 0.717) is 25.3 Å². The van der Waals surface area contributed by atoms with Crippen LogP contribution in [0.2, 0.25) is 0 Å². The maximum Gasteiger partial charge on any atom is 0.271 e. The first kappa shape index (κ1) is 21.8. The molecule has 2 heterocycles. The van der Waals surface area contributed by atoms with Crippen molar-refractivity contribution in [2.24, 2.45) is 0 Å². The summed E-state index contributed by atoms with van der Waals surface area (Å²) < 4.78 is 7.24. The summed E-state index contributed by atoms with van der Waals surface area (Å²) in [6, 6.07) is 27.2. The number of hydrogen-bond donors (Lipinski definition) is 1. The molecule has 1 N–H and O–H groups in total. The molecule has 0 saturated carbocycles. The van der Waals surface area contributed by atoms with E-state index in [9.17, 15) is 9.59 Å². The van der Waals surface area contributed by atoms with Gasteiger partial charge in [0.15, 0.2) is 0 Å². The Hall–Kier alpha value is -4.06. The van der Waals surface area contributed by atoms with Crippen molar-refractivity contribution >= 4 is 22.7 Å². The van der Waals surface area contributed by atoms with Crippen LogP contribution in [-0.4, -0.2) is 33.9 Å². The van der Waals surface area contributed by atoms with Gasteiger partial charge in [0.1, 0.15) is 17.0 Å². The summed E-state index contributed by atoms with van der Waals surface area (Å²) >= 11 is 0. The second kappa shape index (κ2) is 8.71. The molecule has 1 atom stereocenters. The van der Waals surface area contributed by atoms with Crippen molar-refractivity contribution in [1.82, 2.24) is 14.8 Å². The normalized spacial score (nSPS) is 17.5. The lowest BCUT2D eigenvalue weighted by Crippen LogP contribution is -2.63. The molecule has 1 aromatic heterocycles. The minimum atomic E-state index is -1.07. The van der Waals surface area contributed by atoms with Crippen LogP contribution < -0.4 is 10.1 Å². The van der Waals surface area contributed by atoms with Gasteiger partial charge in [0, 0.05) is 24.0 Å². The average Bonchev–Trinajstić information content (AvgIpc) is 3.24. The summed E-state index contributed by atoms with van der Waals surface area (Å²) in [5.74, 6) is 0.412. The van der Waals surface area contributed by atoms with E-state index in [4.69, 9.17) is 4.74 Å². The van der Waals surface area contributed by atoms with Crippen LogP contribution in [0.25, 0.3) is 10.9 Å². The molecule has 172 valence electrons. The van der Waals surface area contributed by atoms with E-state index in [1.807, 2.05) is 96.4 Å². The highest BCUT2D eigenvalue weighted by atomic mass is 16.5. The van der Waals surface area contributed by atoms with Crippen LogP contribution in [-0.2, 0) is 24.4 Å². The molecule has 0 bridgehead atoms. The Morgan fingerprint density at radius 2 is 1.68 bits per heavy atom. The van der Waals surface area contributed by atoms with E-state index < -0.39 is 5.54 Å². The molecule has 0 saturated heterocycles. The van der Waals surface area contributed by atoms with E-state index in [1.165, 1.54) is 0 Å². The number of fused-ring (bicyclic) bond motifs is 3. The summed E-state index contributed by atoms with van der Waals surface area (Å²) in [6.45, 7) is 2.95. The topological polar surface area (TPSA) is 63.6 Å². The van der Waals surface area contributed by atoms with Crippen molar-refractivity contribution in [2.75, 3.05) is 7.11 Å². The molecule has 5 rings (SSSR count). The van der Waals surface area contributed by atoms with Gasteiger partial charge < -0.3 is 19.5 Å².